The van der Waals surface area contributed by atoms with Crippen molar-refractivity contribution in [2.75, 3.05) is 6.61 Å². The summed E-state index contributed by atoms with van der Waals surface area (Å²) in [5, 5.41) is 2.98. The maximum atomic E-state index is 12.4. The quantitative estimate of drug-likeness (QED) is 0.875. The molecule has 2 aliphatic rings. The van der Waals surface area contributed by atoms with Gasteiger partial charge in [0.1, 0.15) is 0 Å². The first kappa shape index (κ1) is 16.1. The number of aryl methyl sites for hydroxylation is 2. The van der Waals surface area contributed by atoms with E-state index in [-0.39, 0.29) is 5.91 Å². The van der Waals surface area contributed by atoms with Crippen LogP contribution in [0.5, 0.6) is 5.88 Å². The number of nitrogens with one attached hydrogen (secondary N) is 1. The molecule has 1 aromatic heterocycles. The van der Waals surface area contributed by atoms with Crippen LogP contribution >= 0.6 is 0 Å². The second-order valence-electron chi connectivity index (χ2n) is 7.13. The molecule has 0 aliphatic heterocycles. The predicted molar refractivity (Wildman–Crippen MR) is 96.7 cm³/mol. The minimum atomic E-state index is -0.0255. The number of benzene rings is 1. The summed E-state index contributed by atoms with van der Waals surface area (Å²) in [5.74, 6) is 1.36. The van der Waals surface area contributed by atoms with Crippen LogP contribution in [-0.4, -0.2) is 17.5 Å². The van der Waals surface area contributed by atoms with Gasteiger partial charge in [-0.2, -0.15) is 0 Å². The van der Waals surface area contributed by atoms with E-state index in [0.29, 0.717) is 12.4 Å². The first-order valence-electron chi connectivity index (χ1n) is 9.26. The van der Waals surface area contributed by atoms with Gasteiger partial charge < -0.3 is 10.1 Å². The predicted octanol–water partition coefficient (Wildman–Crippen LogP) is 3.68. The van der Waals surface area contributed by atoms with Gasteiger partial charge in [0.2, 0.25) is 5.88 Å². The number of ether oxygens (including phenoxy) is 1. The summed E-state index contributed by atoms with van der Waals surface area (Å²) >= 11 is 0. The lowest BCUT2D eigenvalue weighted by molar-refractivity contribution is 0.0950. The van der Waals surface area contributed by atoms with Crippen LogP contribution in [0.15, 0.2) is 36.5 Å². The van der Waals surface area contributed by atoms with E-state index in [0.717, 1.165) is 36.5 Å². The topological polar surface area (TPSA) is 51.2 Å². The van der Waals surface area contributed by atoms with Crippen LogP contribution in [0.1, 0.15) is 52.7 Å². The summed E-state index contributed by atoms with van der Waals surface area (Å²) in [6.45, 7) is 1.24. The van der Waals surface area contributed by atoms with E-state index in [9.17, 15) is 4.79 Å². The van der Waals surface area contributed by atoms with Gasteiger partial charge in [-0.25, -0.2) is 4.98 Å². The molecule has 4 nitrogen and oxygen atoms in total. The Morgan fingerprint density at radius 3 is 2.72 bits per heavy atom. The smallest absolute Gasteiger partial charge is 0.251 e. The molecule has 1 aromatic carbocycles. The van der Waals surface area contributed by atoms with E-state index in [1.807, 2.05) is 18.2 Å². The van der Waals surface area contributed by atoms with Gasteiger partial charge in [-0.05, 0) is 73.3 Å². The molecule has 0 spiro atoms. The van der Waals surface area contributed by atoms with Gasteiger partial charge in [-0.1, -0.05) is 12.1 Å². The van der Waals surface area contributed by atoms with Crippen LogP contribution in [-0.2, 0) is 19.4 Å². The number of aromatic nitrogens is 1. The standard InChI is InChI=1S/C21H24N2O2/c24-21(19-9-8-17-3-1-2-4-18(17)11-19)23-13-16-7-10-20(22-12-16)25-14-15-5-6-15/h7-12,15H,1-6,13-14H2,(H,23,24). The van der Waals surface area contributed by atoms with Gasteiger partial charge in [0, 0.05) is 24.4 Å². The maximum Gasteiger partial charge on any atom is 0.251 e. The normalized spacial score (nSPS) is 16.2. The Kier molecular flexibility index (Phi) is 4.68. The number of hydrogen-bond acceptors (Lipinski definition) is 3. The van der Waals surface area contributed by atoms with Gasteiger partial charge in [0.25, 0.3) is 5.91 Å². The zero-order valence-corrected chi connectivity index (χ0v) is 14.5. The van der Waals surface area contributed by atoms with Crippen molar-refractivity contribution in [1.29, 1.82) is 0 Å². The molecule has 1 fully saturated rings. The number of nitrogens with zero attached hydrogens (tertiary/aromatic N) is 1. The van der Waals surface area contributed by atoms with Crippen LogP contribution in [0.2, 0.25) is 0 Å². The fraction of sp³-hybridized carbons (Fsp3) is 0.429. The average molecular weight is 336 g/mol. The molecule has 0 radical (unpaired) electrons. The number of hydrogen-bond donors (Lipinski definition) is 1. The van der Waals surface area contributed by atoms with E-state index in [1.165, 1.54) is 36.8 Å². The van der Waals surface area contributed by atoms with Crippen molar-refractivity contribution >= 4 is 5.91 Å². The maximum absolute atomic E-state index is 12.4. The first-order valence-corrected chi connectivity index (χ1v) is 9.26. The van der Waals surface area contributed by atoms with Crippen molar-refractivity contribution < 1.29 is 9.53 Å². The third-order valence-corrected chi connectivity index (χ3v) is 5.03. The Morgan fingerprint density at radius 2 is 1.96 bits per heavy atom. The highest BCUT2D eigenvalue weighted by atomic mass is 16.5. The zero-order valence-electron chi connectivity index (χ0n) is 14.5. The SMILES string of the molecule is O=C(NCc1ccc(OCC2CC2)nc1)c1ccc2c(c1)CCCC2. The highest BCUT2D eigenvalue weighted by molar-refractivity contribution is 5.94. The van der Waals surface area contributed by atoms with E-state index in [2.05, 4.69) is 22.4 Å². The number of amides is 1. The Morgan fingerprint density at radius 1 is 1.12 bits per heavy atom. The lowest BCUT2D eigenvalue weighted by Crippen LogP contribution is -2.23. The molecule has 1 N–H and O–H groups in total. The number of fused-ring (bicyclic) bond motifs is 1. The molecule has 0 saturated heterocycles. The summed E-state index contributed by atoms with van der Waals surface area (Å²) in [7, 11) is 0. The fourth-order valence-corrected chi connectivity index (χ4v) is 3.25. The molecule has 0 bridgehead atoms. The van der Waals surface area contributed by atoms with E-state index in [1.54, 1.807) is 6.20 Å². The second-order valence-corrected chi connectivity index (χ2v) is 7.13. The van der Waals surface area contributed by atoms with Crippen LogP contribution in [0.25, 0.3) is 0 Å². The molecule has 1 saturated carbocycles. The summed E-state index contributed by atoms with van der Waals surface area (Å²) in [6, 6.07) is 9.94. The molecular formula is C21H24N2O2. The highest BCUT2D eigenvalue weighted by Crippen LogP contribution is 2.29. The summed E-state index contributed by atoms with van der Waals surface area (Å²) < 4.78 is 5.63. The first-order chi connectivity index (χ1) is 12.3. The van der Waals surface area contributed by atoms with Crippen molar-refractivity contribution in [2.45, 2.75) is 45.1 Å². The van der Waals surface area contributed by atoms with E-state index in [4.69, 9.17) is 4.74 Å². The molecule has 1 heterocycles. The Balaban J connectivity index is 1.31. The fourth-order valence-electron chi connectivity index (χ4n) is 3.25. The number of carbonyl (C=O) groups is 1. The van der Waals surface area contributed by atoms with Gasteiger partial charge in [-0.15, -0.1) is 0 Å². The molecule has 2 aromatic rings. The van der Waals surface area contributed by atoms with Crippen LogP contribution in [0.4, 0.5) is 0 Å². The monoisotopic (exact) mass is 336 g/mol. The summed E-state index contributed by atoms with van der Waals surface area (Å²) in [6.07, 6.45) is 9.01. The number of carbonyl (C=O) groups excluding carboxylic acids is 1. The van der Waals surface area contributed by atoms with Gasteiger partial charge in [0.15, 0.2) is 0 Å². The van der Waals surface area contributed by atoms with Crippen molar-refractivity contribution in [3.63, 3.8) is 0 Å². The summed E-state index contributed by atoms with van der Waals surface area (Å²) in [5.41, 5.74) is 4.45. The third-order valence-electron chi connectivity index (χ3n) is 5.03. The third kappa shape index (κ3) is 4.19. The molecule has 0 atom stereocenters. The van der Waals surface area contributed by atoms with Crippen molar-refractivity contribution in [3.8, 4) is 5.88 Å². The lowest BCUT2D eigenvalue weighted by Gasteiger charge is -2.16. The van der Waals surface area contributed by atoms with Crippen LogP contribution < -0.4 is 10.1 Å². The van der Waals surface area contributed by atoms with Crippen molar-refractivity contribution in [3.05, 3.63) is 58.8 Å². The average Bonchev–Trinajstić information content (AvgIpc) is 3.49. The van der Waals surface area contributed by atoms with Crippen LogP contribution in [0, 0.1) is 5.92 Å². The number of pyridine rings is 1. The van der Waals surface area contributed by atoms with Gasteiger partial charge >= 0.3 is 0 Å². The van der Waals surface area contributed by atoms with E-state index < -0.39 is 0 Å². The molecule has 2 aliphatic carbocycles. The molecule has 4 rings (SSSR count). The zero-order chi connectivity index (χ0) is 17.1. The molecule has 4 heteroatoms. The minimum absolute atomic E-state index is 0.0255. The Hall–Kier alpha value is -2.36. The molecule has 1 amide bonds. The van der Waals surface area contributed by atoms with Gasteiger partial charge in [-0.3, -0.25) is 4.79 Å². The molecule has 0 unspecified atom stereocenters. The van der Waals surface area contributed by atoms with Crippen molar-refractivity contribution in [1.82, 2.24) is 10.3 Å². The van der Waals surface area contributed by atoms with Gasteiger partial charge in [0.05, 0.1) is 6.61 Å². The second kappa shape index (κ2) is 7.26. The Bertz CT molecular complexity index is 751. The van der Waals surface area contributed by atoms with Crippen LogP contribution in [0.3, 0.4) is 0 Å². The largest absolute Gasteiger partial charge is 0.477 e. The highest BCUT2D eigenvalue weighted by Gasteiger charge is 2.22. The molecule has 130 valence electrons. The van der Waals surface area contributed by atoms with E-state index >= 15 is 0 Å². The molecular weight excluding hydrogens is 312 g/mol. The lowest BCUT2D eigenvalue weighted by atomic mass is 9.90. The Labute approximate surface area is 148 Å². The minimum Gasteiger partial charge on any atom is -0.477 e. The van der Waals surface area contributed by atoms with Crippen molar-refractivity contribution in [2.24, 2.45) is 5.92 Å². The molecule has 25 heavy (non-hydrogen) atoms. The number of rotatable bonds is 6. The summed E-state index contributed by atoms with van der Waals surface area (Å²) in [4.78, 5) is 16.7.